The highest BCUT2D eigenvalue weighted by atomic mass is 16.5. The molecule has 0 saturated carbocycles. The van der Waals surface area contributed by atoms with Gasteiger partial charge in [-0.1, -0.05) is 6.07 Å². The summed E-state index contributed by atoms with van der Waals surface area (Å²) in [5.74, 6) is 1.90. The number of ether oxygens (including phenoxy) is 1. The molecule has 1 heterocycles. The van der Waals surface area contributed by atoms with Gasteiger partial charge in [0.15, 0.2) is 5.78 Å². The summed E-state index contributed by atoms with van der Waals surface area (Å²) in [4.78, 5) is 21.9. The number of nitrogens with one attached hydrogen (secondary N) is 2. The lowest BCUT2D eigenvalue weighted by Crippen LogP contribution is -2.17. The van der Waals surface area contributed by atoms with E-state index in [-0.39, 0.29) is 5.78 Å². The second-order valence-corrected chi connectivity index (χ2v) is 7.27. The van der Waals surface area contributed by atoms with Crippen LogP contribution in [0.25, 0.3) is 0 Å². The van der Waals surface area contributed by atoms with E-state index in [4.69, 9.17) is 4.74 Å². The van der Waals surface area contributed by atoms with E-state index in [1.54, 1.807) is 7.11 Å². The molecule has 0 bridgehead atoms. The van der Waals surface area contributed by atoms with E-state index in [9.17, 15) is 4.79 Å². The van der Waals surface area contributed by atoms with Crippen molar-refractivity contribution in [2.45, 2.75) is 33.1 Å². The van der Waals surface area contributed by atoms with Gasteiger partial charge in [0.1, 0.15) is 11.6 Å². The van der Waals surface area contributed by atoms with Crippen LogP contribution in [0.15, 0.2) is 42.5 Å². The predicted octanol–water partition coefficient (Wildman–Crippen LogP) is 5.11. The van der Waals surface area contributed by atoms with Crippen LogP contribution in [0.4, 0.5) is 23.1 Å². The lowest BCUT2D eigenvalue weighted by atomic mass is 9.95. The Balaban J connectivity index is 1.70. The Morgan fingerprint density at radius 3 is 2.38 bits per heavy atom. The maximum atomic E-state index is 12.6. The molecule has 1 aliphatic rings. The number of hydrogen-bond acceptors (Lipinski definition) is 6. The topological polar surface area (TPSA) is 76.1 Å². The van der Waals surface area contributed by atoms with Crippen LogP contribution in [0, 0.1) is 13.8 Å². The third-order valence-corrected chi connectivity index (χ3v) is 5.20. The van der Waals surface area contributed by atoms with Crippen molar-refractivity contribution in [1.29, 1.82) is 0 Å². The van der Waals surface area contributed by atoms with Crippen LogP contribution in [-0.4, -0.2) is 22.9 Å². The molecule has 0 aliphatic heterocycles. The number of nitrogens with zero attached hydrogens (tertiary/aromatic N) is 2. The lowest BCUT2D eigenvalue weighted by molar-refractivity contribution is 0.0972. The Hall–Kier alpha value is -3.41. The first-order valence-electron chi connectivity index (χ1n) is 9.73. The maximum Gasteiger partial charge on any atom is 0.229 e. The first kappa shape index (κ1) is 18.9. The number of fused-ring (bicyclic) bond motifs is 1. The summed E-state index contributed by atoms with van der Waals surface area (Å²) in [5.41, 5.74) is 5.56. The zero-order valence-electron chi connectivity index (χ0n) is 16.9. The quantitative estimate of drug-likeness (QED) is 0.633. The lowest BCUT2D eigenvalue weighted by Gasteiger charge is -2.19. The highest BCUT2D eigenvalue weighted by Gasteiger charge is 2.24. The van der Waals surface area contributed by atoms with Crippen LogP contribution < -0.4 is 15.4 Å². The number of Topliss-reactive ketones (excluding diaryl/α,β-unsaturated/α-hetero) is 1. The molecule has 4 rings (SSSR count). The smallest absolute Gasteiger partial charge is 0.229 e. The third kappa shape index (κ3) is 4.06. The Morgan fingerprint density at radius 2 is 1.66 bits per heavy atom. The average Bonchev–Trinajstić information content (AvgIpc) is 2.71. The fourth-order valence-electron chi connectivity index (χ4n) is 3.43. The van der Waals surface area contributed by atoms with Gasteiger partial charge in [-0.3, -0.25) is 4.79 Å². The molecule has 6 nitrogen and oxygen atoms in total. The average molecular weight is 388 g/mol. The number of aromatic nitrogens is 2. The Bertz CT molecular complexity index is 1060. The van der Waals surface area contributed by atoms with Crippen LogP contribution in [0.1, 0.15) is 40.0 Å². The molecule has 148 valence electrons. The van der Waals surface area contributed by atoms with Gasteiger partial charge in [-0.05, 0) is 74.2 Å². The van der Waals surface area contributed by atoms with Crippen molar-refractivity contribution in [3.63, 3.8) is 0 Å². The van der Waals surface area contributed by atoms with Gasteiger partial charge in [-0.2, -0.15) is 4.98 Å². The first-order valence-corrected chi connectivity index (χ1v) is 9.73. The largest absolute Gasteiger partial charge is 0.497 e. The summed E-state index contributed by atoms with van der Waals surface area (Å²) in [6.45, 7) is 4.14. The highest BCUT2D eigenvalue weighted by molar-refractivity contribution is 6.03. The van der Waals surface area contributed by atoms with E-state index < -0.39 is 0 Å². The molecule has 1 aliphatic carbocycles. The van der Waals surface area contributed by atoms with Gasteiger partial charge in [0.25, 0.3) is 0 Å². The molecule has 1 aromatic heterocycles. The molecule has 0 fully saturated rings. The van der Waals surface area contributed by atoms with E-state index >= 15 is 0 Å². The number of hydrogen-bond donors (Lipinski definition) is 2. The summed E-state index contributed by atoms with van der Waals surface area (Å²) in [7, 11) is 1.64. The molecule has 0 amide bonds. The standard InChI is InChI=1S/C23H24N4O2/c1-14-7-8-17(13-15(14)2)24-22-21-19(5-4-6-20(21)28)26-23(27-22)25-16-9-11-18(29-3)12-10-16/h7-13H,4-6H2,1-3H3,(H2,24,25,26,27). The van der Waals surface area contributed by atoms with Crippen molar-refractivity contribution in [3.05, 3.63) is 64.8 Å². The minimum atomic E-state index is 0.0913. The predicted molar refractivity (Wildman–Crippen MR) is 115 cm³/mol. The molecular weight excluding hydrogens is 364 g/mol. The summed E-state index contributed by atoms with van der Waals surface area (Å²) in [6, 6.07) is 13.7. The zero-order chi connectivity index (χ0) is 20.4. The minimum Gasteiger partial charge on any atom is -0.497 e. The van der Waals surface area contributed by atoms with Crippen LogP contribution in [0.3, 0.4) is 0 Å². The van der Waals surface area contributed by atoms with Gasteiger partial charge < -0.3 is 15.4 Å². The van der Waals surface area contributed by atoms with Crippen molar-refractivity contribution in [2.75, 3.05) is 17.7 Å². The molecule has 2 N–H and O–H groups in total. The number of methoxy groups -OCH3 is 1. The molecule has 29 heavy (non-hydrogen) atoms. The number of aryl methyl sites for hydroxylation is 3. The third-order valence-electron chi connectivity index (χ3n) is 5.20. The van der Waals surface area contributed by atoms with E-state index in [1.807, 2.05) is 30.3 Å². The molecule has 6 heteroatoms. The molecule has 0 spiro atoms. The Morgan fingerprint density at radius 1 is 0.897 bits per heavy atom. The van der Waals surface area contributed by atoms with Crippen LogP contribution in [-0.2, 0) is 6.42 Å². The second-order valence-electron chi connectivity index (χ2n) is 7.27. The summed E-state index contributed by atoms with van der Waals surface area (Å²) >= 11 is 0. The molecule has 0 unspecified atom stereocenters. The van der Waals surface area contributed by atoms with Crippen molar-refractivity contribution in [3.8, 4) is 5.75 Å². The van der Waals surface area contributed by atoms with Gasteiger partial charge in [-0.25, -0.2) is 4.98 Å². The van der Waals surface area contributed by atoms with E-state index in [0.717, 1.165) is 35.7 Å². The zero-order valence-corrected chi connectivity index (χ0v) is 16.9. The number of benzene rings is 2. The first-order chi connectivity index (χ1) is 14.0. The fourth-order valence-corrected chi connectivity index (χ4v) is 3.43. The summed E-state index contributed by atoms with van der Waals surface area (Å²) in [5, 5.41) is 6.58. The number of carbonyl (C=O) groups is 1. The molecule has 0 atom stereocenters. The molecule has 0 saturated heterocycles. The van der Waals surface area contributed by atoms with Crippen molar-refractivity contribution in [1.82, 2.24) is 9.97 Å². The molecular formula is C23H24N4O2. The van der Waals surface area contributed by atoms with E-state index in [1.165, 1.54) is 11.1 Å². The molecule has 3 aromatic rings. The number of carbonyl (C=O) groups excluding carboxylic acids is 1. The number of ketones is 1. The van der Waals surface area contributed by atoms with Crippen LogP contribution in [0.2, 0.25) is 0 Å². The van der Waals surface area contributed by atoms with Gasteiger partial charge in [0.05, 0.1) is 18.4 Å². The van der Waals surface area contributed by atoms with Crippen molar-refractivity contribution in [2.24, 2.45) is 0 Å². The van der Waals surface area contributed by atoms with Crippen molar-refractivity contribution >= 4 is 28.9 Å². The maximum absolute atomic E-state index is 12.6. The van der Waals surface area contributed by atoms with Crippen LogP contribution >= 0.6 is 0 Å². The van der Waals surface area contributed by atoms with Gasteiger partial charge in [0, 0.05) is 17.8 Å². The fraction of sp³-hybridized carbons (Fsp3) is 0.261. The van der Waals surface area contributed by atoms with E-state index in [2.05, 4.69) is 46.6 Å². The van der Waals surface area contributed by atoms with Gasteiger partial charge in [0.2, 0.25) is 5.95 Å². The molecule has 2 aromatic carbocycles. The van der Waals surface area contributed by atoms with Crippen LogP contribution in [0.5, 0.6) is 5.75 Å². The van der Waals surface area contributed by atoms with Gasteiger partial charge >= 0.3 is 0 Å². The Kier molecular flexibility index (Phi) is 5.16. The normalized spacial score (nSPS) is 13.0. The SMILES string of the molecule is COc1ccc(Nc2nc3c(c(Nc4ccc(C)c(C)c4)n2)C(=O)CCC3)cc1. The van der Waals surface area contributed by atoms with Gasteiger partial charge in [-0.15, -0.1) is 0 Å². The number of anilines is 4. The monoisotopic (exact) mass is 388 g/mol. The minimum absolute atomic E-state index is 0.0913. The number of rotatable bonds is 5. The van der Waals surface area contributed by atoms with Crippen molar-refractivity contribution < 1.29 is 9.53 Å². The second kappa shape index (κ2) is 7.91. The van der Waals surface area contributed by atoms with E-state index in [0.29, 0.717) is 23.8 Å². The summed E-state index contributed by atoms with van der Waals surface area (Å²) in [6.07, 6.45) is 2.11. The highest BCUT2D eigenvalue weighted by Crippen LogP contribution is 2.30. The Labute approximate surface area is 170 Å². The summed E-state index contributed by atoms with van der Waals surface area (Å²) < 4.78 is 5.20. The molecule has 0 radical (unpaired) electrons.